The van der Waals surface area contributed by atoms with Gasteiger partial charge in [-0.15, -0.1) is 0 Å². The minimum absolute atomic E-state index is 0.343. The lowest BCUT2D eigenvalue weighted by molar-refractivity contribution is -0.140. The van der Waals surface area contributed by atoms with E-state index in [1.807, 2.05) is 61.0 Å². The van der Waals surface area contributed by atoms with E-state index in [-0.39, 0.29) is 5.82 Å². The van der Waals surface area contributed by atoms with Crippen molar-refractivity contribution in [1.29, 1.82) is 0 Å². The van der Waals surface area contributed by atoms with Crippen molar-refractivity contribution >= 4 is 5.65 Å². The maximum Gasteiger partial charge on any atom is 0.183 e. The van der Waals surface area contributed by atoms with Gasteiger partial charge in [0.15, 0.2) is 6.29 Å². The average Bonchev–Trinajstić information content (AvgIpc) is 3.17. The Balaban J connectivity index is 1.61. The van der Waals surface area contributed by atoms with Crippen LogP contribution in [0.3, 0.4) is 0 Å². The summed E-state index contributed by atoms with van der Waals surface area (Å²) in [6.07, 6.45) is 4.18. The summed E-state index contributed by atoms with van der Waals surface area (Å²) < 4.78 is 28.0. The Morgan fingerprint density at radius 3 is 2.37 bits per heavy atom. The summed E-state index contributed by atoms with van der Waals surface area (Å²) in [5.41, 5.74) is 4.92. The molecule has 154 valence electrons. The van der Waals surface area contributed by atoms with Crippen LogP contribution in [-0.4, -0.2) is 22.6 Å². The molecule has 0 aliphatic carbocycles. The lowest BCUT2D eigenvalue weighted by Gasteiger charge is -2.17. The maximum absolute atomic E-state index is 14.9. The van der Waals surface area contributed by atoms with Gasteiger partial charge in [0, 0.05) is 36.7 Å². The van der Waals surface area contributed by atoms with Crippen LogP contribution in [0.1, 0.15) is 36.8 Å². The highest BCUT2D eigenvalue weighted by atomic mass is 19.1. The first kappa shape index (κ1) is 20.3. The Kier molecular flexibility index (Phi) is 6.21. The monoisotopic (exact) mass is 404 g/mol. The molecule has 0 radical (unpaired) electrons. The average molecular weight is 404 g/mol. The molecule has 5 heteroatoms. The zero-order valence-electron chi connectivity index (χ0n) is 17.2. The van der Waals surface area contributed by atoms with E-state index in [4.69, 9.17) is 9.47 Å². The molecule has 0 saturated carbocycles. The fourth-order valence-corrected chi connectivity index (χ4v) is 3.53. The normalized spacial score (nSPS) is 11.5. The summed E-state index contributed by atoms with van der Waals surface area (Å²) in [5, 5.41) is 0. The van der Waals surface area contributed by atoms with E-state index in [0.717, 1.165) is 12.1 Å². The number of aromatic nitrogens is 2. The zero-order chi connectivity index (χ0) is 20.9. The van der Waals surface area contributed by atoms with Gasteiger partial charge in [0.1, 0.15) is 11.5 Å². The summed E-state index contributed by atoms with van der Waals surface area (Å²) in [5.74, 6) is -0.343. The van der Waals surface area contributed by atoms with Crippen molar-refractivity contribution in [2.75, 3.05) is 13.2 Å². The second kappa shape index (κ2) is 9.20. The molecular weight excluding hydrogens is 379 g/mol. The van der Waals surface area contributed by atoms with E-state index < -0.39 is 6.29 Å². The van der Waals surface area contributed by atoms with Gasteiger partial charge in [-0.25, -0.2) is 9.37 Å². The summed E-state index contributed by atoms with van der Waals surface area (Å²) in [6.45, 7) is 4.76. The van der Waals surface area contributed by atoms with Gasteiger partial charge in [0.2, 0.25) is 0 Å². The molecule has 4 nitrogen and oxygen atoms in total. The van der Waals surface area contributed by atoms with Gasteiger partial charge in [0.25, 0.3) is 0 Å². The maximum atomic E-state index is 14.9. The number of fused-ring (bicyclic) bond motifs is 1. The second-order valence-corrected chi connectivity index (χ2v) is 7.07. The van der Waals surface area contributed by atoms with Gasteiger partial charge < -0.3 is 13.9 Å². The van der Waals surface area contributed by atoms with Crippen LogP contribution >= 0.6 is 0 Å². The van der Waals surface area contributed by atoms with Gasteiger partial charge in [-0.1, -0.05) is 42.5 Å². The zero-order valence-corrected chi connectivity index (χ0v) is 17.2. The number of benzene rings is 2. The Hall–Kier alpha value is -3.02. The van der Waals surface area contributed by atoms with Crippen LogP contribution in [0, 0.1) is 5.82 Å². The standard InChI is InChI=1S/C25H25FN2O2/c1-3-29-25(30-4-2)20-11-12-21(22(26)15-20)23-17-28-16-19(10-13-24(28)27-23)14-18-8-6-5-7-9-18/h5-13,15-17,25H,3-4,14H2,1-2H3. The summed E-state index contributed by atoms with van der Waals surface area (Å²) in [7, 11) is 0. The predicted octanol–water partition coefficient (Wildman–Crippen LogP) is 5.80. The number of hydrogen-bond donors (Lipinski definition) is 0. The van der Waals surface area contributed by atoms with Crippen molar-refractivity contribution in [2.45, 2.75) is 26.6 Å². The third-order valence-electron chi connectivity index (χ3n) is 4.94. The minimum atomic E-state index is -0.565. The van der Waals surface area contributed by atoms with Crippen molar-refractivity contribution in [3.63, 3.8) is 0 Å². The van der Waals surface area contributed by atoms with E-state index in [1.165, 1.54) is 17.2 Å². The third kappa shape index (κ3) is 4.42. The van der Waals surface area contributed by atoms with E-state index in [1.54, 1.807) is 6.07 Å². The molecule has 0 saturated heterocycles. The van der Waals surface area contributed by atoms with E-state index in [9.17, 15) is 4.39 Å². The molecule has 0 aliphatic heterocycles. The second-order valence-electron chi connectivity index (χ2n) is 7.07. The predicted molar refractivity (Wildman–Crippen MR) is 116 cm³/mol. The van der Waals surface area contributed by atoms with Crippen LogP contribution in [-0.2, 0) is 15.9 Å². The highest BCUT2D eigenvalue weighted by Crippen LogP contribution is 2.27. The van der Waals surface area contributed by atoms with Crippen molar-refractivity contribution in [3.8, 4) is 11.3 Å². The molecule has 2 aromatic heterocycles. The summed E-state index contributed by atoms with van der Waals surface area (Å²) >= 11 is 0. The molecule has 0 N–H and O–H groups in total. The van der Waals surface area contributed by atoms with E-state index in [2.05, 4.69) is 23.2 Å². The number of imidazole rings is 1. The first-order valence-corrected chi connectivity index (χ1v) is 10.2. The number of ether oxygens (including phenoxy) is 2. The van der Waals surface area contributed by atoms with Gasteiger partial charge in [-0.3, -0.25) is 0 Å². The van der Waals surface area contributed by atoms with Gasteiger partial charge in [-0.2, -0.15) is 0 Å². The molecule has 0 unspecified atom stereocenters. The quantitative estimate of drug-likeness (QED) is 0.348. The van der Waals surface area contributed by atoms with Crippen molar-refractivity contribution in [2.24, 2.45) is 0 Å². The van der Waals surface area contributed by atoms with Crippen molar-refractivity contribution in [1.82, 2.24) is 9.38 Å². The fourth-order valence-electron chi connectivity index (χ4n) is 3.53. The van der Waals surface area contributed by atoms with Gasteiger partial charge in [-0.05, 0) is 49.6 Å². The Labute approximate surface area is 175 Å². The van der Waals surface area contributed by atoms with Gasteiger partial charge >= 0.3 is 0 Å². The number of hydrogen-bond acceptors (Lipinski definition) is 3. The number of pyridine rings is 1. The SMILES string of the molecule is CCOC(OCC)c1ccc(-c2cn3cc(Cc4ccccc4)ccc3n2)c(F)c1. The van der Waals surface area contributed by atoms with Crippen molar-refractivity contribution in [3.05, 3.63) is 95.6 Å². The van der Waals surface area contributed by atoms with Crippen LogP contribution < -0.4 is 0 Å². The fraction of sp³-hybridized carbons (Fsp3) is 0.240. The van der Waals surface area contributed by atoms with E-state index >= 15 is 0 Å². The molecule has 4 rings (SSSR count). The van der Waals surface area contributed by atoms with Crippen LogP contribution in [0.5, 0.6) is 0 Å². The molecule has 0 aliphatic rings. The molecule has 0 amide bonds. The summed E-state index contributed by atoms with van der Waals surface area (Å²) in [6, 6.07) is 19.4. The lowest BCUT2D eigenvalue weighted by atomic mass is 10.1. The first-order chi connectivity index (χ1) is 14.7. The molecule has 0 bridgehead atoms. The molecule has 2 heterocycles. The molecule has 2 aromatic carbocycles. The Bertz CT molecular complexity index is 1120. The first-order valence-electron chi connectivity index (χ1n) is 10.2. The highest BCUT2D eigenvalue weighted by Gasteiger charge is 2.16. The van der Waals surface area contributed by atoms with Crippen LogP contribution in [0.25, 0.3) is 16.9 Å². The smallest absolute Gasteiger partial charge is 0.183 e. The third-order valence-corrected chi connectivity index (χ3v) is 4.94. The Morgan fingerprint density at radius 1 is 0.900 bits per heavy atom. The Morgan fingerprint density at radius 2 is 1.67 bits per heavy atom. The molecule has 4 aromatic rings. The number of nitrogens with zero attached hydrogens (tertiary/aromatic N) is 2. The molecule has 0 spiro atoms. The molecule has 30 heavy (non-hydrogen) atoms. The minimum Gasteiger partial charge on any atom is -0.349 e. The van der Waals surface area contributed by atoms with Crippen molar-refractivity contribution < 1.29 is 13.9 Å². The highest BCUT2D eigenvalue weighted by molar-refractivity contribution is 5.64. The van der Waals surface area contributed by atoms with Crippen LogP contribution in [0.2, 0.25) is 0 Å². The lowest BCUT2D eigenvalue weighted by Crippen LogP contribution is -2.09. The summed E-state index contributed by atoms with van der Waals surface area (Å²) in [4.78, 5) is 4.60. The molecule has 0 atom stereocenters. The topological polar surface area (TPSA) is 35.8 Å². The molecule has 0 fully saturated rings. The van der Waals surface area contributed by atoms with Crippen LogP contribution in [0.15, 0.2) is 73.1 Å². The van der Waals surface area contributed by atoms with Crippen LogP contribution in [0.4, 0.5) is 4.39 Å². The molecular formula is C25H25FN2O2. The number of rotatable bonds is 8. The largest absolute Gasteiger partial charge is 0.349 e. The number of halogens is 1. The van der Waals surface area contributed by atoms with Gasteiger partial charge in [0.05, 0.1) is 5.69 Å². The van der Waals surface area contributed by atoms with E-state index in [0.29, 0.717) is 30.0 Å².